The van der Waals surface area contributed by atoms with Crippen molar-refractivity contribution in [2.45, 2.75) is 32.2 Å². The summed E-state index contributed by atoms with van der Waals surface area (Å²) in [5.74, 6) is 0. The quantitative estimate of drug-likeness (QED) is 0.917. The molecule has 1 aromatic rings. The minimum Gasteiger partial charge on any atom is -0.310 e. The van der Waals surface area contributed by atoms with E-state index in [4.69, 9.17) is 23.2 Å². The molecule has 0 aliphatic carbocycles. The van der Waals surface area contributed by atoms with E-state index >= 15 is 0 Å². The Kier molecular flexibility index (Phi) is 5.13. The molecular weight excluding hydrogens is 279 g/mol. The summed E-state index contributed by atoms with van der Waals surface area (Å²) >= 11 is 12.1. The summed E-state index contributed by atoms with van der Waals surface area (Å²) in [6.07, 6.45) is 2.18. The monoisotopic (exact) mass is 300 g/mol. The molecule has 0 unspecified atom stereocenters. The Hall–Kier alpha value is -0.280. The van der Waals surface area contributed by atoms with Gasteiger partial charge in [0.15, 0.2) is 0 Å². The zero-order valence-corrected chi connectivity index (χ0v) is 13.2. The lowest BCUT2D eigenvalue weighted by molar-refractivity contribution is 0.233. The Morgan fingerprint density at radius 2 is 2.11 bits per heavy atom. The second-order valence-corrected chi connectivity index (χ2v) is 6.77. The van der Waals surface area contributed by atoms with E-state index in [1.165, 1.54) is 12.0 Å². The minimum atomic E-state index is 0.195. The van der Waals surface area contributed by atoms with Crippen molar-refractivity contribution in [3.8, 4) is 0 Å². The van der Waals surface area contributed by atoms with Crippen LogP contribution in [0.2, 0.25) is 10.0 Å². The topological polar surface area (TPSA) is 15.3 Å². The molecule has 4 heteroatoms. The molecule has 106 valence electrons. The van der Waals surface area contributed by atoms with Gasteiger partial charge < -0.3 is 10.2 Å². The number of hydrogen-bond donors (Lipinski definition) is 1. The number of halogens is 2. The molecule has 0 amide bonds. The lowest BCUT2D eigenvalue weighted by Gasteiger charge is -2.30. The highest BCUT2D eigenvalue weighted by Crippen LogP contribution is 2.22. The summed E-state index contributed by atoms with van der Waals surface area (Å²) in [5.41, 5.74) is 1.38. The van der Waals surface area contributed by atoms with E-state index in [9.17, 15) is 0 Å². The molecular formula is C15H22Cl2N2. The molecule has 0 aromatic heterocycles. The highest BCUT2D eigenvalue weighted by atomic mass is 35.5. The van der Waals surface area contributed by atoms with Crippen molar-refractivity contribution in [3.05, 3.63) is 33.8 Å². The van der Waals surface area contributed by atoms with Crippen LogP contribution in [-0.2, 0) is 6.42 Å². The Morgan fingerprint density at radius 3 is 2.84 bits per heavy atom. The molecule has 1 heterocycles. The van der Waals surface area contributed by atoms with Gasteiger partial charge >= 0.3 is 0 Å². The van der Waals surface area contributed by atoms with Gasteiger partial charge in [0.05, 0.1) is 0 Å². The van der Waals surface area contributed by atoms with Gasteiger partial charge in [0.2, 0.25) is 0 Å². The molecule has 0 atom stereocenters. The zero-order valence-electron chi connectivity index (χ0n) is 11.7. The molecule has 1 aromatic carbocycles. The average Bonchev–Trinajstić information content (AvgIpc) is 2.49. The fourth-order valence-electron chi connectivity index (χ4n) is 2.62. The molecule has 0 spiro atoms. The van der Waals surface area contributed by atoms with Crippen molar-refractivity contribution in [1.82, 2.24) is 10.2 Å². The van der Waals surface area contributed by atoms with E-state index in [1.54, 1.807) is 0 Å². The standard InChI is InChI=1S/C15H22Cl2N2/c1-15(2)11-19(8-3-7-18-15)9-6-12-4-5-13(16)10-14(12)17/h4-5,10,18H,3,6-9,11H2,1-2H3. The van der Waals surface area contributed by atoms with E-state index < -0.39 is 0 Å². The maximum Gasteiger partial charge on any atom is 0.0453 e. The first-order valence-electron chi connectivity index (χ1n) is 6.88. The molecule has 0 bridgehead atoms. The molecule has 1 saturated heterocycles. The van der Waals surface area contributed by atoms with Gasteiger partial charge in [-0.05, 0) is 57.5 Å². The smallest absolute Gasteiger partial charge is 0.0453 e. The summed E-state index contributed by atoms with van der Waals surface area (Å²) in [6.45, 7) is 8.92. The van der Waals surface area contributed by atoms with Crippen LogP contribution in [-0.4, -0.2) is 36.6 Å². The molecule has 1 N–H and O–H groups in total. The highest BCUT2D eigenvalue weighted by molar-refractivity contribution is 6.35. The largest absolute Gasteiger partial charge is 0.310 e. The summed E-state index contributed by atoms with van der Waals surface area (Å²) < 4.78 is 0. The van der Waals surface area contributed by atoms with Gasteiger partial charge in [-0.3, -0.25) is 0 Å². The summed E-state index contributed by atoms with van der Waals surface area (Å²) in [4.78, 5) is 2.52. The molecule has 2 nitrogen and oxygen atoms in total. The maximum atomic E-state index is 6.22. The third-order valence-corrected chi connectivity index (χ3v) is 4.17. The Bertz CT molecular complexity index is 432. The van der Waals surface area contributed by atoms with Gasteiger partial charge in [-0.25, -0.2) is 0 Å². The average molecular weight is 301 g/mol. The Balaban J connectivity index is 1.94. The summed E-state index contributed by atoms with van der Waals surface area (Å²) in [5, 5.41) is 5.06. The van der Waals surface area contributed by atoms with Gasteiger partial charge in [0.25, 0.3) is 0 Å². The van der Waals surface area contributed by atoms with E-state index in [1.807, 2.05) is 18.2 Å². The molecule has 0 saturated carbocycles. The molecule has 1 aliphatic rings. The van der Waals surface area contributed by atoms with Crippen LogP contribution in [0.1, 0.15) is 25.8 Å². The van der Waals surface area contributed by atoms with E-state index in [-0.39, 0.29) is 5.54 Å². The number of nitrogens with one attached hydrogen (secondary N) is 1. The zero-order chi connectivity index (χ0) is 13.9. The van der Waals surface area contributed by atoms with Crippen molar-refractivity contribution >= 4 is 23.2 Å². The van der Waals surface area contributed by atoms with E-state index in [0.717, 1.165) is 37.6 Å². The first-order valence-corrected chi connectivity index (χ1v) is 7.63. The van der Waals surface area contributed by atoms with Crippen molar-refractivity contribution < 1.29 is 0 Å². The summed E-state index contributed by atoms with van der Waals surface area (Å²) in [6, 6.07) is 5.77. The van der Waals surface area contributed by atoms with Crippen LogP contribution in [0, 0.1) is 0 Å². The predicted octanol–water partition coefficient (Wildman–Crippen LogP) is 3.61. The van der Waals surface area contributed by atoms with Gasteiger partial charge in [0, 0.05) is 28.7 Å². The van der Waals surface area contributed by atoms with E-state index in [0.29, 0.717) is 5.02 Å². The van der Waals surface area contributed by atoms with Gasteiger partial charge in [-0.1, -0.05) is 29.3 Å². The maximum absolute atomic E-state index is 6.22. The van der Waals surface area contributed by atoms with Gasteiger partial charge in [-0.2, -0.15) is 0 Å². The van der Waals surface area contributed by atoms with Crippen molar-refractivity contribution in [2.24, 2.45) is 0 Å². The normalized spacial score (nSPS) is 20.2. The molecule has 19 heavy (non-hydrogen) atoms. The van der Waals surface area contributed by atoms with Crippen LogP contribution in [0.3, 0.4) is 0 Å². The number of nitrogens with zero attached hydrogens (tertiary/aromatic N) is 1. The highest BCUT2D eigenvalue weighted by Gasteiger charge is 2.23. The Morgan fingerprint density at radius 1 is 1.32 bits per heavy atom. The van der Waals surface area contributed by atoms with Crippen LogP contribution in [0.4, 0.5) is 0 Å². The van der Waals surface area contributed by atoms with Crippen LogP contribution in [0.5, 0.6) is 0 Å². The Labute approximate surface area is 126 Å². The van der Waals surface area contributed by atoms with Gasteiger partial charge in [-0.15, -0.1) is 0 Å². The van der Waals surface area contributed by atoms with Crippen LogP contribution < -0.4 is 5.32 Å². The SMILES string of the molecule is CC1(C)CN(CCc2ccc(Cl)cc2Cl)CCCN1. The number of hydrogen-bond acceptors (Lipinski definition) is 2. The fraction of sp³-hybridized carbons (Fsp3) is 0.600. The second-order valence-electron chi connectivity index (χ2n) is 5.93. The minimum absolute atomic E-state index is 0.195. The van der Waals surface area contributed by atoms with Crippen molar-refractivity contribution in [3.63, 3.8) is 0 Å². The molecule has 1 aliphatic heterocycles. The number of benzene rings is 1. The third-order valence-electron chi connectivity index (χ3n) is 3.59. The molecule has 2 rings (SSSR count). The lowest BCUT2D eigenvalue weighted by Crippen LogP contribution is -2.46. The first-order chi connectivity index (χ1) is 8.96. The predicted molar refractivity (Wildman–Crippen MR) is 83.3 cm³/mol. The van der Waals surface area contributed by atoms with Crippen LogP contribution in [0.25, 0.3) is 0 Å². The lowest BCUT2D eigenvalue weighted by atomic mass is 10.1. The van der Waals surface area contributed by atoms with Crippen LogP contribution in [0.15, 0.2) is 18.2 Å². The van der Waals surface area contributed by atoms with E-state index in [2.05, 4.69) is 24.1 Å². The third kappa shape index (κ3) is 4.64. The fourth-order valence-corrected chi connectivity index (χ4v) is 3.12. The van der Waals surface area contributed by atoms with Crippen molar-refractivity contribution in [1.29, 1.82) is 0 Å². The number of rotatable bonds is 3. The van der Waals surface area contributed by atoms with Crippen molar-refractivity contribution in [2.75, 3.05) is 26.2 Å². The first kappa shape index (κ1) is 15.1. The van der Waals surface area contributed by atoms with Gasteiger partial charge in [0.1, 0.15) is 0 Å². The van der Waals surface area contributed by atoms with Crippen LogP contribution >= 0.6 is 23.2 Å². The second kappa shape index (κ2) is 6.45. The molecule has 0 radical (unpaired) electrons. The molecule has 1 fully saturated rings. The summed E-state index contributed by atoms with van der Waals surface area (Å²) in [7, 11) is 0.